The first-order valence-corrected chi connectivity index (χ1v) is 7.03. The molecule has 0 bridgehead atoms. The average molecular weight is 257 g/mol. The zero-order valence-corrected chi connectivity index (χ0v) is 11.0. The van der Waals surface area contributed by atoms with Crippen molar-refractivity contribution in [3.63, 3.8) is 0 Å². The fourth-order valence-corrected chi connectivity index (χ4v) is 3.04. The van der Waals surface area contributed by atoms with Gasteiger partial charge in [-0.15, -0.1) is 0 Å². The number of nitrogen functional groups attached to an aromatic ring is 1. The van der Waals surface area contributed by atoms with E-state index in [1.807, 2.05) is 12.3 Å². The molecule has 1 aromatic heterocycles. The third kappa shape index (κ3) is 1.94. The minimum absolute atomic E-state index is 0.855. The highest BCUT2D eigenvalue weighted by molar-refractivity contribution is 5.88. The van der Waals surface area contributed by atoms with Crippen LogP contribution in [0.2, 0.25) is 0 Å². The molecule has 0 unspecified atom stereocenters. The van der Waals surface area contributed by atoms with Gasteiger partial charge in [-0.05, 0) is 25.0 Å². The molecule has 2 aliphatic rings. The molecular formula is C14H19N5. The van der Waals surface area contributed by atoms with Crippen molar-refractivity contribution in [1.82, 2.24) is 15.1 Å². The van der Waals surface area contributed by atoms with Gasteiger partial charge in [0.05, 0.1) is 23.1 Å². The van der Waals surface area contributed by atoms with Crippen LogP contribution in [0, 0.1) is 0 Å². The van der Waals surface area contributed by atoms with Crippen LogP contribution in [0.4, 0.5) is 11.4 Å². The van der Waals surface area contributed by atoms with Gasteiger partial charge in [-0.25, -0.2) is 0 Å². The molecule has 100 valence electrons. The predicted molar refractivity (Wildman–Crippen MR) is 77.3 cm³/mol. The van der Waals surface area contributed by atoms with E-state index >= 15 is 0 Å². The van der Waals surface area contributed by atoms with E-state index in [-0.39, 0.29) is 0 Å². The Morgan fingerprint density at radius 3 is 2.68 bits per heavy atom. The molecule has 4 rings (SSSR count). The van der Waals surface area contributed by atoms with E-state index in [9.17, 15) is 0 Å². The van der Waals surface area contributed by atoms with Gasteiger partial charge in [0.1, 0.15) is 0 Å². The molecule has 5 heteroatoms. The number of hydrogen-bond donors (Lipinski definition) is 2. The first-order chi connectivity index (χ1) is 9.31. The number of nitrogens with two attached hydrogens (primary N) is 1. The van der Waals surface area contributed by atoms with Gasteiger partial charge in [-0.1, -0.05) is 0 Å². The topological polar surface area (TPSA) is 61.2 Å². The van der Waals surface area contributed by atoms with Crippen LogP contribution in [0.1, 0.15) is 12.8 Å². The minimum atomic E-state index is 0.855. The summed E-state index contributed by atoms with van der Waals surface area (Å²) in [5.74, 6) is 0. The number of nitrogens with one attached hydrogen (secondary N) is 1. The fourth-order valence-electron chi connectivity index (χ4n) is 3.04. The molecule has 0 radical (unpaired) electrons. The molecule has 1 aliphatic heterocycles. The Morgan fingerprint density at radius 1 is 1.16 bits per heavy atom. The predicted octanol–water partition coefficient (Wildman–Crippen LogP) is 1.43. The standard InChI is InChI=1S/C14H19N5/c15-12-7-10-9-16-17-13(10)8-14(12)19-5-3-18(4-6-19)11-1-2-11/h7-9,11H,1-6,15H2,(H,16,17). The molecule has 1 aliphatic carbocycles. The number of aromatic nitrogens is 2. The third-order valence-corrected chi connectivity index (χ3v) is 4.31. The van der Waals surface area contributed by atoms with Crippen LogP contribution in [-0.2, 0) is 0 Å². The van der Waals surface area contributed by atoms with E-state index in [0.29, 0.717) is 0 Å². The second-order valence-corrected chi connectivity index (χ2v) is 5.62. The number of anilines is 2. The lowest BCUT2D eigenvalue weighted by Crippen LogP contribution is -2.47. The van der Waals surface area contributed by atoms with Crippen molar-refractivity contribution >= 4 is 22.3 Å². The Morgan fingerprint density at radius 2 is 1.95 bits per heavy atom. The molecule has 0 amide bonds. The summed E-state index contributed by atoms with van der Waals surface area (Å²) >= 11 is 0. The van der Waals surface area contributed by atoms with Gasteiger partial charge in [-0.2, -0.15) is 5.10 Å². The second-order valence-electron chi connectivity index (χ2n) is 5.62. The Kier molecular flexibility index (Phi) is 2.41. The van der Waals surface area contributed by atoms with Crippen LogP contribution in [0.25, 0.3) is 10.9 Å². The van der Waals surface area contributed by atoms with Gasteiger partial charge in [0, 0.05) is 37.6 Å². The number of nitrogens with zero attached hydrogens (tertiary/aromatic N) is 3. The summed E-state index contributed by atoms with van der Waals surface area (Å²) < 4.78 is 0. The number of hydrogen-bond acceptors (Lipinski definition) is 4. The first kappa shape index (κ1) is 11.1. The number of fused-ring (bicyclic) bond motifs is 1. The largest absolute Gasteiger partial charge is 0.397 e. The van der Waals surface area contributed by atoms with Crippen molar-refractivity contribution in [2.45, 2.75) is 18.9 Å². The monoisotopic (exact) mass is 257 g/mol. The van der Waals surface area contributed by atoms with Crippen LogP contribution >= 0.6 is 0 Å². The summed E-state index contributed by atoms with van der Waals surface area (Å²) in [5.41, 5.74) is 9.25. The quantitative estimate of drug-likeness (QED) is 0.799. The molecular weight excluding hydrogens is 238 g/mol. The summed E-state index contributed by atoms with van der Waals surface area (Å²) in [6.07, 6.45) is 4.60. The molecule has 3 N–H and O–H groups in total. The molecule has 0 atom stereocenters. The summed E-state index contributed by atoms with van der Waals surface area (Å²) in [7, 11) is 0. The molecule has 1 saturated heterocycles. The number of H-pyrrole nitrogens is 1. The molecule has 1 saturated carbocycles. The Balaban J connectivity index is 1.58. The molecule has 5 nitrogen and oxygen atoms in total. The van der Waals surface area contributed by atoms with Gasteiger partial charge in [0.2, 0.25) is 0 Å². The summed E-state index contributed by atoms with van der Waals surface area (Å²) in [6.45, 7) is 4.46. The highest BCUT2D eigenvalue weighted by Crippen LogP contribution is 2.31. The van der Waals surface area contributed by atoms with Crippen LogP contribution < -0.4 is 10.6 Å². The maximum absolute atomic E-state index is 6.19. The zero-order valence-electron chi connectivity index (χ0n) is 11.0. The van der Waals surface area contributed by atoms with Crippen LogP contribution in [0.15, 0.2) is 18.3 Å². The lowest BCUT2D eigenvalue weighted by molar-refractivity contribution is 0.248. The summed E-state index contributed by atoms with van der Waals surface area (Å²) in [4.78, 5) is 5.01. The maximum atomic E-state index is 6.19. The number of rotatable bonds is 2. The summed E-state index contributed by atoms with van der Waals surface area (Å²) in [6, 6.07) is 5.01. The van der Waals surface area contributed by atoms with Crippen molar-refractivity contribution < 1.29 is 0 Å². The summed E-state index contributed by atoms with van der Waals surface area (Å²) in [5, 5.41) is 8.17. The van der Waals surface area contributed by atoms with Gasteiger partial charge in [-0.3, -0.25) is 10.00 Å². The Labute approximate surface area is 112 Å². The first-order valence-electron chi connectivity index (χ1n) is 7.03. The smallest absolute Gasteiger partial charge is 0.0672 e. The highest BCUT2D eigenvalue weighted by Gasteiger charge is 2.31. The van der Waals surface area contributed by atoms with Crippen molar-refractivity contribution in [2.75, 3.05) is 36.8 Å². The van der Waals surface area contributed by atoms with Crippen molar-refractivity contribution in [3.8, 4) is 0 Å². The molecule has 2 heterocycles. The normalized spacial score (nSPS) is 21.2. The van der Waals surface area contributed by atoms with E-state index in [4.69, 9.17) is 5.73 Å². The number of benzene rings is 1. The number of piperazine rings is 1. The molecule has 2 fully saturated rings. The lowest BCUT2D eigenvalue weighted by atomic mass is 10.1. The molecule has 1 aromatic carbocycles. The van der Waals surface area contributed by atoms with Gasteiger partial charge < -0.3 is 10.6 Å². The highest BCUT2D eigenvalue weighted by atomic mass is 15.3. The maximum Gasteiger partial charge on any atom is 0.0672 e. The van der Waals surface area contributed by atoms with Gasteiger partial charge in [0.15, 0.2) is 0 Å². The zero-order chi connectivity index (χ0) is 12.8. The van der Waals surface area contributed by atoms with Crippen molar-refractivity contribution in [2.24, 2.45) is 0 Å². The van der Waals surface area contributed by atoms with E-state index < -0.39 is 0 Å². The van der Waals surface area contributed by atoms with E-state index in [2.05, 4.69) is 26.1 Å². The number of aromatic amines is 1. The van der Waals surface area contributed by atoms with Crippen molar-refractivity contribution in [3.05, 3.63) is 18.3 Å². The van der Waals surface area contributed by atoms with Crippen molar-refractivity contribution in [1.29, 1.82) is 0 Å². The van der Waals surface area contributed by atoms with Crippen LogP contribution in [0.3, 0.4) is 0 Å². The molecule has 19 heavy (non-hydrogen) atoms. The lowest BCUT2D eigenvalue weighted by Gasteiger charge is -2.36. The molecule has 0 spiro atoms. The second kappa shape index (κ2) is 4.13. The van der Waals surface area contributed by atoms with E-state index in [0.717, 1.165) is 54.5 Å². The van der Waals surface area contributed by atoms with Gasteiger partial charge in [0.25, 0.3) is 0 Å². The Hall–Kier alpha value is -1.75. The Bertz CT molecular complexity index is 593. The third-order valence-electron chi connectivity index (χ3n) is 4.31. The SMILES string of the molecule is Nc1cc2cn[nH]c2cc1N1CCN(C2CC2)CC1. The van der Waals surface area contributed by atoms with Crippen LogP contribution in [-0.4, -0.2) is 47.3 Å². The minimum Gasteiger partial charge on any atom is -0.397 e. The van der Waals surface area contributed by atoms with E-state index in [1.165, 1.54) is 12.8 Å². The average Bonchev–Trinajstić information content (AvgIpc) is 3.18. The van der Waals surface area contributed by atoms with Crippen LogP contribution in [0.5, 0.6) is 0 Å². The molecule has 2 aromatic rings. The van der Waals surface area contributed by atoms with E-state index in [1.54, 1.807) is 0 Å². The fraction of sp³-hybridized carbons (Fsp3) is 0.500. The van der Waals surface area contributed by atoms with Gasteiger partial charge >= 0.3 is 0 Å².